The SMILES string of the molecule is CCNC(=O)[C@@H](Cc1ccccc1)N(Cc1ccccc1F)C(=O)CN(c1cccc(Cl)c1C)S(C)(=O)=O. The van der Waals surface area contributed by atoms with Crippen molar-refractivity contribution < 1.29 is 22.4 Å². The van der Waals surface area contributed by atoms with Crippen molar-refractivity contribution >= 4 is 39.1 Å². The molecule has 0 radical (unpaired) electrons. The zero-order valence-electron chi connectivity index (χ0n) is 21.5. The third-order valence-corrected chi connectivity index (χ3v) is 7.64. The van der Waals surface area contributed by atoms with Gasteiger partial charge in [-0.25, -0.2) is 12.8 Å². The van der Waals surface area contributed by atoms with E-state index in [9.17, 15) is 22.4 Å². The molecular weight excluding hydrogens is 529 g/mol. The highest BCUT2D eigenvalue weighted by Crippen LogP contribution is 2.28. The van der Waals surface area contributed by atoms with E-state index in [4.69, 9.17) is 11.6 Å². The number of rotatable bonds is 11. The van der Waals surface area contributed by atoms with Gasteiger partial charge in [0.1, 0.15) is 18.4 Å². The van der Waals surface area contributed by atoms with Crippen molar-refractivity contribution in [2.24, 2.45) is 0 Å². The Kier molecular flexibility index (Phi) is 9.88. The van der Waals surface area contributed by atoms with E-state index in [-0.39, 0.29) is 24.2 Å². The fourth-order valence-corrected chi connectivity index (χ4v) is 5.19. The van der Waals surface area contributed by atoms with Crippen LogP contribution in [-0.4, -0.2) is 50.5 Å². The Hall–Kier alpha value is -3.43. The van der Waals surface area contributed by atoms with Gasteiger partial charge in [0.15, 0.2) is 0 Å². The van der Waals surface area contributed by atoms with E-state index in [1.54, 1.807) is 38.1 Å². The van der Waals surface area contributed by atoms with Gasteiger partial charge in [0.2, 0.25) is 21.8 Å². The van der Waals surface area contributed by atoms with Crippen LogP contribution < -0.4 is 9.62 Å². The van der Waals surface area contributed by atoms with E-state index in [1.807, 2.05) is 30.3 Å². The van der Waals surface area contributed by atoms with E-state index in [0.717, 1.165) is 16.1 Å². The van der Waals surface area contributed by atoms with Crippen LogP contribution in [0.3, 0.4) is 0 Å². The van der Waals surface area contributed by atoms with Gasteiger partial charge in [-0.1, -0.05) is 66.2 Å². The average Bonchev–Trinajstić information content (AvgIpc) is 2.87. The summed E-state index contributed by atoms with van der Waals surface area (Å²) < 4.78 is 41.3. The van der Waals surface area contributed by atoms with Gasteiger partial charge in [0, 0.05) is 30.1 Å². The third kappa shape index (κ3) is 7.33. The molecule has 0 saturated carbocycles. The molecule has 1 N–H and O–H groups in total. The van der Waals surface area contributed by atoms with Crippen LogP contribution >= 0.6 is 11.6 Å². The first-order chi connectivity index (χ1) is 18.0. The standard InChI is InChI=1S/C28H31ClFN3O4S/c1-4-31-28(35)26(17-21-11-6-5-7-12-21)32(18-22-13-8-9-15-24(22)30)27(34)19-33(38(3,36)37)25-16-10-14-23(29)20(25)2/h5-16,26H,4,17-19H2,1-3H3,(H,31,35)/t26-/m1/s1. The Morgan fingerprint density at radius 3 is 2.29 bits per heavy atom. The molecule has 1 atom stereocenters. The summed E-state index contributed by atoms with van der Waals surface area (Å²) in [5.41, 5.74) is 1.73. The maximum atomic E-state index is 14.7. The number of likely N-dealkylation sites (N-methyl/N-ethyl adjacent to an activating group) is 1. The van der Waals surface area contributed by atoms with Crippen LogP contribution in [0.1, 0.15) is 23.6 Å². The highest BCUT2D eigenvalue weighted by Gasteiger charge is 2.33. The molecule has 202 valence electrons. The normalized spacial score (nSPS) is 12.0. The predicted molar refractivity (Wildman–Crippen MR) is 148 cm³/mol. The molecule has 0 bridgehead atoms. The van der Waals surface area contributed by atoms with E-state index in [2.05, 4.69) is 5.32 Å². The molecule has 0 aliphatic carbocycles. The van der Waals surface area contributed by atoms with Gasteiger partial charge in [-0.15, -0.1) is 0 Å². The summed E-state index contributed by atoms with van der Waals surface area (Å²) in [6.45, 7) is 2.91. The summed E-state index contributed by atoms with van der Waals surface area (Å²) in [7, 11) is -3.93. The largest absolute Gasteiger partial charge is 0.355 e. The lowest BCUT2D eigenvalue weighted by atomic mass is 10.0. The number of nitrogens with zero attached hydrogens (tertiary/aromatic N) is 2. The number of carbonyl (C=O) groups excluding carboxylic acids is 2. The molecule has 0 saturated heterocycles. The topological polar surface area (TPSA) is 86.8 Å². The third-order valence-electron chi connectivity index (χ3n) is 6.11. The number of amides is 2. The highest BCUT2D eigenvalue weighted by atomic mass is 35.5. The average molecular weight is 560 g/mol. The summed E-state index contributed by atoms with van der Waals surface area (Å²) in [4.78, 5) is 28.4. The van der Waals surface area contributed by atoms with Gasteiger partial charge >= 0.3 is 0 Å². The molecular formula is C28H31ClFN3O4S. The van der Waals surface area contributed by atoms with Gasteiger partial charge in [-0.05, 0) is 43.2 Å². The second-order valence-electron chi connectivity index (χ2n) is 8.87. The van der Waals surface area contributed by atoms with Gasteiger partial charge in [0.05, 0.1) is 11.9 Å². The highest BCUT2D eigenvalue weighted by molar-refractivity contribution is 7.92. The molecule has 0 heterocycles. The van der Waals surface area contributed by atoms with Crippen LogP contribution in [0.15, 0.2) is 72.8 Å². The van der Waals surface area contributed by atoms with Crippen LogP contribution in [0.5, 0.6) is 0 Å². The summed E-state index contributed by atoms with van der Waals surface area (Å²) in [5, 5.41) is 3.10. The molecule has 0 unspecified atom stereocenters. The lowest BCUT2D eigenvalue weighted by Gasteiger charge is -2.33. The summed E-state index contributed by atoms with van der Waals surface area (Å²) >= 11 is 6.24. The maximum Gasteiger partial charge on any atom is 0.244 e. The van der Waals surface area contributed by atoms with Crippen LogP contribution in [0.4, 0.5) is 10.1 Å². The van der Waals surface area contributed by atoms with E-state index in [0.29, 0.717) is 17.1 Å². The quantitative estimate of drug-likeness (QED) is 0.379. The molecule has 3 aromatic carbocycles. The molecule has 3 aromatic rings. The Labute approximate surface area is 228 Å². The molecule has 7 nitrogen and oxygen atoms in total. The molecule has 2 amide bonds. The lowest BCUT2D eigenvalue weighted by molar-refractivity contribution is -0.140. The Morgan fingerprint density at radius 2 is 1.66 bits per heavy atom. The summed E-state index contributed by atoms with van der Waals surface area (Å²) in [5.74, 6) is -1.62. The van der Waals surface area contributed by atoms with Gasteiger partial charge in [-0.2, -0.15) is 0 Å². The van der Waals surface area contributed by atoms with E-state index in [1.165, 1.54) is 23.1 Å². The Bertz CT molecular complexity index is 1390. The zero-order valence-corrected chi connectivity index (χ0v) is 23.1. The number of nitrogens with one attached hydrogen (secondary N) is 1. The number of carbonyl (C=O) groups is 2. The van der Waals surface area contributed by atoms with Crippen molar-refractivity contribution in [2.75, 3.05) is 23.7 Å². The maximum absolute atomic E-state index is 14.7. The zero-order chi connectivity index (χ0) is 27.9. The molecule has 0 aromatic heterocycles. The van der Waals surface area contributed by atoms with Crippen molar-refractivity contribution in [1.82, 2.24) is 10.2 Å². The number of sulfonamides is 1. The van der Waals surface area contributed by atoms with Crippen molar-refractivity contribution in [3.8, 4) is 0 Å². The smallest absolute Gasteiger partial charge is 0.244 e. The minimum atomic E-state index is -3.93. The molecule has 0 fully saturated rings. The van der Waals surface area contributed by atoms with Gasteiger partial charge < -0.3 is 10.2 Å². The first-order valence-corrected chi connectivity index (χ1v) is 14.3. The number of benzene rings is 3. The summed E-state index contributed by atoms with van der Waals surface area (Å²) in [6, 6.07) is 18.9. The second kappa shape index (κ2) is 12.9. The van der Waals surface area contributed by atoms with Gasteiger partial charge in [-0.3, -0.25) is 13.9 Å². The Morgan fingerprint density at radius 1 is 1.00 bits per heavy atom. The first-order valence-electron chi connectivity index (χ1n) is 12.1. The molecule has 10 heteroatoms. The van der Waals surface area contributed by atoms with Crippen LogP contribution in [0.25, 0.3) is 0 Å². The van der Waals surface area contributed by atoms with Gasteiger partial charge in [0.25, 0.3) is 0 Å². The summed E-state index contributed by atoms with van der Waals surface area (Å²) in [6.07, 6.45) is 1.15. The molecule has 0 spiro atoms. The van der Waals surface area contributed by atoms with Crippen molar-refractivity contribution in [2.45, 2.75) is 32.9 Å². The van der Waals surface area contributed by atoms with Crippen molar-refractivity contribution in [1.29, 1.82) is 0 Å². The molecule has 0 aliphatic heterocycles. The fourth-order valence-electron chi connectivity index (χ4n) is 4.12. The first kappa shape index (κ1) is 29.1. The second-order valence-corrected chi connectivity index (χ2v) is 11.2. The van der Waals surface area contributed by atoms with E-state index < -0.39 is 40.2 Å². The minimum Gasteiger partial charge on any atom is -0.355 e. The van der Waals surface area contributed by atoms with Crippen LogP contribution in [0.2, 0.25) is 5.02 Å². The number of hydrogen-bond acceptors (Lipinski definition) is 4. The number of anilines is 1. The fraction of sp³-hybridized carbons (Fsp3) is 0.286. The number of hydrogen-bond donors (Lipinski definition) is 1. The molecule has 3 rings (SSSR count). The van der Waals surface area contributed by atoms with Crippen LogP contribution in [0, 0.1) is 12.7 Å². The predicted octanol–water partition coefficient (Wildman–Crippen LogP) is 4.33. The minimum absolute atomic E-state index is 0.155. The Balaban J connectivity index is 2.08. The number of halogens is 2. The van der Waals surface area contributed by atoms with Crippen molar-refractivity contribution in [3.63, 3.8) is 0 Å². The van der Waals surface area contributed by atoms with Crippen molar-refractivity contribution in [3.05, 3.63) is 100 Å². The molecule has 0 aliphatic rings. The van der Waals surface area contributed by atoms with Crippen LogP contribution in [-0.2, 0) is 32.6 Å². The molecule has 38 heavy (non-hydrogen) atoms. The van der Waals surface area contributed by atoms with E-state index >= 15 is 0 Å². The monoisotopic (exact) mass is 559 g/mol. The lowest BCUT2D eigenvalue weighted by Crippen LogP contribution is -2.53.